The number of nitrogens with one attached hydrogen (secondary N) is 2. The number of halogens is 1. The molecule has 0 aromatic carbocycles. The minimum Gasteiger partial charge on any atom is -0.444 e. The summed E-state index contributed by atoms with van der Waals surface area (Å²) in [6, 6.07) is 1.95. The van der Waals surface area contributed by atoms with Gasteiger partial charge in [0.1, 0.15) is 11.4 Å². The molecule has 1 atom stereocenters. The van der Waals surface area contributed by atoms with Gasteiger partial charge in [0.15, 0.2) is 5.96 Å². The van der Waals surface area contributed by atoms with Crippen molar-refractivity contribution >= 4 is 41.3 Å². The van der Waals surface area contributed by atoms with Gasteiger partial charge >= 0.3 is 0 Å². The minimum absolute atomic E-state index is 0. The standard InChI is InChI=1S/C22H35N5O2S.HI/c1-5-23-21(25-15-22(4,28)19-8-11-30-14-19)24-12-18-6-9-27(10-7-18)13-20-26-16(2)17(3)29-20;/h8,11,14,18,28H,5-7,9-10,12-13,15H2,1-4H3,(H2,23,24,25);1H. The van der Waals surface area contributed by atoms with E-state index in [0.717, 1.165) is 74.4 Å². The largest absolute Gasteiger partial charge is 0.444 e. The van der Waals surface area contributed by atoms with Gasteiger partial charge in [0.2, 0.25) is 5.89 Å². The number of aromatic nitrogens is 1. The Morgan fingerprint density at radius 3 is 2.68 bits per heavy atom. The van der Waals surface area contributed by atoms with E-state index in [4.69, 9.17) is 4.42 Å². The van der Waals surface area contributed by atoms with Crippen molar-refractivity contribution in [2.75, 3.05) is 32.7 Å². The van der Waals surface area contributed by atoms with E-state index in [0.29, 0.717) is 12.5 Å². The lowest BCUT2D eigenvalue weighted by Crippen LogP contribution is -2.43. The molecule has 31 heavy (non-hydrogen) atoms. The monoisotopic (exact) mass is 561 g/mol. The molecule has 0 radical (unpaired) electrons. The van der Waals surface area contributed by atoms with Crippen LogP contribution in [0.2, 0.25) is 0 Å². The van der Waals surface area contributed by atoms with Crippen LogP contribution in [0.3, 0.4) is 0 Å². The normalized spacial score (nSPS) is 17.8. The number of piperidine rings is 1. The second-order valence-electron chi connectivity index (χ2n) is 8.33. The number of rotatable bonds is 8. The summed E-state index contributed by atoms with van der Waals surface area (Å²) in [5.74, 6) is 3.11. The quantitative estimate of drug-likeness (QED) is 0.259. The molecule has 0 aliphatic carbocycles. The van der Waals surface area contributed by atoms with Crippen molar-refractivity contribution in [3.8, 4) is 0 Å². The summed E-state index contributed by atoms with van der Waals surface area (Å²) in [5, 5.41) is 21.4. The maximum absolute atomic E-state index is 10.7. The van der Waals surface area contributed by atoms with Crippen LogP contribution in [0.15, 0.2) is 26.2 Å². The molecule has 0 spiro atoms. The summed E-state index contributed by atoms with van der Waals surface area (Å²) in [5.41, 5.74) is 0.942. The van der Waals surface area contributed by atoms with Crippen LogP contribution in [0, 0.1) is 19.8 Å². The van der Waals surface area contributed by atoms with Gasteiger partial charge in [-0.3, -0.25) is 4.90 Å². The highest BCUT2D eigenvalue weighted by atomic mass is 127. The first-order valence-electron chi connectivity index (χ1n) is 10.8. The Hall–Kier alpha value is -1.17. The number of oxazole rings is 1. The van der Waals surface area contributed by atoms with Crippen molar-refractivity contribution < 1.29 is 9.52 Å². The summed E-state index contributed by atoms with van der Waals surface area (Å²) >= 11 is 1.59. The van der Waals surface area contributed by atoms with Crippen LogP contribution in [0.5, 0.6) is 0 Å². The van der Waals surface area contributed by atoms with Crippen molar-refractivity contribution in [2.24, 2.45) is 10.9 Å². The number of likely N-dealkylation sites (tertiary alicyclic amines) is 1. The lowest BCUT2D eigenvalue weighted by atomic mass is 9.97. The zero-order valence-electron chi connectivity index (χ0n) is 19.0. The number of hydrogen-bond acceptors (Lipinski definition) is 6. The number of aryl methyl sites for hydroxylation is 2. The molecule has 0 saturated carbocycles. The maximum atomic E-state index is 10.7. The van der Waals surface area contributed by atoms with Crippen LogP contribution in [0.25, 0.3) is 0 Å². The molecule has 1 unspecified atom stereocenters. The van der Waals surface area contributed by atoms with E-state index in [1.165, 1.54) is 0 Å². The summed E-state index contributed by atoms with van der Waals surface area (Å²) < 4.78 is 5.72. The van der Waals surface area contributed by atoms with Crippen LogP contribution in [0.4, 0.5) is 0 Å². The average Bonchev–Trinajstić information content (AvgIpc) is 3.36. The van der Waals surface area contributed by atoms with E-state index in [-0.39, 0.29) is 24.0 Å². The Labute approximate surface area is 206 Å². The second-order valence-corrected chi connectivity index (χ2v) is 9.11. The first-order valence-corrected chi connectivity index (χ1v) is 11.7. The van der Waals surface area contributed by atoms with E-state index in [1.807, 2.05) is 37.6 Å². The number of thiophene rings is 1. The number of hydrogen-bond donors (Lipinski definition) is 3. The molecular weight excluding hydrogens is 525 g/mol. The first-order chi connectivity index (χ1) is 14.4. The molecular formula is C22H36IN5O2S. The fourth-order valence-electron chi connectivity index (χ4n) is 3.62. The highest BCUT2D eigenvalue weighted by molar-refractivity contribution is 14.0. The van der Waals surface area contributed by atoms with E-state index < -0.39 is 5.60 Å². The zero-order valence-corrected chi connectivity index (χ0v) is 22.1. The van der Waals surface area contributed by atoms with Gasteiger partial charge in [-0.15, -0.1) is 24.0 Å². The highest BCUT2D eigenvalue weighted by Crippen LogP contribution is 2.23. The van der Waals surface area contributed by atoms with Crippen LogP contribution in [0.1, 0.15) is 49.6 Å². The lowest BCUT2D eigenvalue weighted by molar-refractivity contribution is 0.0677. The van der Waals surface area contributed by atoms with Crippen LogP contribution in [-0.4, -0.2) is 53.7 Å². The zero-order chi connectivity index (χ0) is 21.6. The summed E-state index contributed by atoms with van der Waals surface area (Å²) in [6.45, 7) is 12.7. The van der Waals surface area contributed by atoms with Crippen LogP contribution in [-0.2, 0) is 12.1 Å². The molecule has 3 N–H and O–H groups in total. The fourth-order valence-corrected chi connectivity index (χ4v) is 4.41. The molecule has 2 aromatic heterocycles. The van der Waals surface area contributed by atoms with E-state index in [1.54, 1.807) is 11.3 Å². The third kappa shape index (κ3) is 7.73. The number of aliphatic imine (C=N–C) groups is 1. The van der Waals surface area contributed by atoms with Gasteiger partial charge in [0, 0.05) is 13.1 Å². The van der Waals surface area contributed by atoms with Gasteiger partial charge in [-0.05, 0) is 81.9 Å². The van der Waals surface area contributed by atoms with E-state index >= 15 is 0 Å². The van der Waals surface area contributed by atoms with Gasteiger partial charge in [-0.2, -0.15) is 11.3 Å². The van der Waals surface area contributed by atoms with Crippen molar-refractivity contribution in [2.45, 2.75) is 52.7 Å². The number of nitrogens with zero attached hydrogens (tertiary/aromatic N) is 3. The molecule has 7 nitrogen and oxygen atoms in total. The van der Waals surface area contributed by atoms with Crippen molar-refractivity contribution in [3.05, 3.63) is 39.7 Å². The van der Waals surface area contributed by atoms with Crippen molar-refractivity contribution in [1.29, 1.82) is 0 Å². The Morgan fingerprint density at radius 1 is 1.35 bits per heavy atom. The summed E-state index contributed by atoms with van der Waals surface area (Å²) in [4.78, 5) is 11.5. The van der Waals surface area contributed by atoms with Crippen LogP contribution < -0.4 is 10.6 Å². The van der Waals surface area contributed by atoms with Gasteiger partial charge in [-0.25, -0.2) is 9.98 Å². The average molecular weight is 562 g/mol. The Bertz CT molecular complexity index is 794. The predicted molar refractivity (Wildman–Crippen MR) is 137 cm³/mol. The first kappa shape index (κ1) is 26.1. The molecule has 1 fully saturated rings. The molecule has 3 heterocycles. The van der Waals surface area contributed by atoms with Crippen LogP contribution >= 0.6 is 35.3 Å². The highest BCUT2D eigenvalue weighted by Gasteiger charge is 2.24. The Kier molecular flexibility index (Phi) is 10.2. The van der Waals surface area contributed by atoms with Gasteiger partial charge in [0.25, 0.3) is 0 Å². The predicted octanol–water partition coefficient (Wildman–Crippen LogP) is 3.65. The molecule has 174 valence electrons. The number of guanidine groups is 1. The Morgan fingerprint density at radius 2 is 2.10 bits per heavy atom. The molecule has 1 saturated heterocycles. The van der Waals surface area contributed by atoms with Gasteiger partial charge in [0.05, 0.1) is 18.8 Å². The number of aliphatic hydroxyl groups is 1. The lowest BCUT2D eigenvalue weighted by Gasteiger charge is -2.31. The molecule has 0 bridgehead atoms. The smallest absolute Gasteiger partial charge is 0.208 e. The molecule has 3 rings (SSSR count). The minimum atomic E-state index is -0.954. The van der Waals surface area contributed by atoms with Crippen molar-refractivity contribution in [1.82, 2.24) is 20.5 Å². The molecule has 2 aromatic rings. The summed E-state index contributed by atoms with van der Waals surface area (Å²) in [7, 11) is 0. The molecule has 0 amide bonds. The SMILES string of the molecule is CCNC(=NCC(C)(O)c1ccsc1)NCC1CCN(Cc2nc(C)c(C)o2)CC1.I. The van der Waals surface area contributed by atoms with Gasteiger partial charge in [-0.1, -0.05) is 0 Å². The third-order valence-electron chi connectivity index (χ3n) is 5.73. The third-order valence-corrected chi connectivity index (χ3v) is 6.41. The topological polar surface area (TPSA) is 85.9 Å². The molecule has 1 aliphatic heterocycles. The second kappa shape index (κ2) is 12.2. The molecule has 9 heteroatoms. The molecule has 1 aliphatic rings. The van der Waals surface area contributed by atoms with Gasteiger partial charge < -0.3 is 20.2 Å². The van der Waals surface area contributed by atoms with E-state index in [2.05, 4.69) is 32.4 Å². The fraction of sp³-hybridized carbons (Fsp3) is 0.636. The Balaban J connectivity index is 0.00000341. The maximum Gasteiger partial charge on any atom is 0.208 e. The van der Waals surface area contributed by atoms with E-state index in [9.17, 15) is 5.11 Å². The van der Waals surface area contributed by atoms with Crippen molar-refractivity contribution in [3.63, 3.8) is 0 Å². The summed E-state index contributed by atoms with van der Waals surface area (Å²) in [6.07, 6.45) is 2.27.